The van der Waals surface area contributed by atoms with Crippen LogP contribution in [0, 0.1) is 13.8 Å². The number of amides is 1. The smallest absolute Gasteiger partial charge is 0.244 e. The number of piperazine rings is 1. The maximum atomic E-state index is 12.6. The van der Waals surface area contributed by atoms with Crippen molar-refractivity contribution in [1.29, 1.82) is 0 Å². The van der Waals surface area contributed by atoms with Gasteiger partial charge in [-0.15, -0.1) is 0 Å². The van der Waals surface area contributed by atoms with Gasteiger partial charge in [0.1, 0.15) is 0 Å². The first-order valence-corrected chi connectivity index (χ1v) is 7.25. The lowest BCUT2D eigenvalue weighted by Gasteiger charge is -2.39. The number of nitrogens with one attached hydrogen (secondary N) is 2. The van der Waals surface area contributed by atoms with Crippen molar-refractivity contribution in [2.45, 2.75) is 33.2 Å². The van der Waals surface area contributed by atoms with Gasteiger partial charge in [-0.3, -0.25) is 9.69 Å². The summed E-state index contributed by atoms with van der Waals surface area (Å²) in [4.78, 5) is 14.8. The second-order valence-corrected chi connectivity index (χ2v) is 6.13. The Kier molecular flexibility index (Phi) is 4.45. The van der Waals surface area contributed by atoms with Crippen LogP contribution in [0.15, 0.2) is 18.2 Å². The molecule has 4 heteroatoms. The molecule has 1 aromatic carbocycles. The molecule has 1 heterocycles. The quantitative estimate of drug-likeness (QED) is 0.886. The zero-order chi connectivity index (χ0) is 14.8. The van der Waals surface area contributed by atoms with Gasteiger partial charge in [0.05, 0.1) is 5.54 Å². The molecule has 110 valence electrons. The molecule has 0 aromatic heterocycles. The fraction of sp³-hybridized carbons (Fsp3) is 0.562. The summed E-state index contributed by atoms with van der Waals surface area (Å²) in [5.41, 5.74) is 2.73. The molecule has 0 radical (unpaired) electrons. The van der Waals surface area contributed by atoms with Crippen LogP contribution in [0.1, 0.15) is 25.0 Å². The Balaban J connectivity index is 2.09. The van der Waals surface area contributed by atoms with E-state index in [1.54, 1.807) is 0 Å². The molecule has 4 nitrogen and oxygen atoms in total. The average Bonchev–Trinajstić information content (AvgIpc) is 2.38. The van der Waals surface area contributed by atoms with Gasteiger partial charge >= 0.3 is 0 Å². The summed E-state index contributed by atoms with van der Waals surface area (Å²) < 4.78 is 0. The summed E-state index contributed by atoms with van der Waals surface area (Å²) in [5.74, 6) is 0.0596. The van der Waals surface area contributed by atoms with Gasteiger partial charge < -0.3 is 10.6 Å². The fourth-order valence-electron chi connectivity index (χ4n) is 2.70. The highest BCUT2D eigenvalue weighted by Gasteiger charge is 2.35. The number of hydrogen-bond donors (Lipinski definition) is 2. The molecule has 2 rings (SSSR count). The van der Waals surface area contributed by atoms with E-state index >= 15 is 0 Å². The van der Waals surface area contributed by atoms with E-state index in [1.165, 1.54) is 11.1 Å². The first kappa shape index (κ1) is 15.0. The maximum absolute atomic E-state index is 12.6. The third-order valence-corrected chi connectivity index (χ3v) is 3.94. The topological polar surface area (TPSA) is 44.4 Å². The highest BCUT2D eigenvalue weighted by atomic mass is 16.2. The predicted octanol–water partition coefficient (Wildman–Crippen LogP) is 1.93. The van der Waals surface area contributed by atoms with Gasteiger partial charge in [-0.05, 0) is 51.0 Å². The first-order chi connectivity index (χ1) is 9.39. The van der Waals surface area contributed by atoms with Crippen LogP contribution in [0.25, 0.3) is 0 Å². The Bertz CT molecular complexity index is 470. The van der Waals surface area contributed by atoms with Crippen molar-refractivity contribution in [3.8, 4) is 0 Å². The largest absolute Gasteiger partial charge is 0.324 e. The van der Waals surface area contributed by atoms with E-state index in [0.29, 0.717) is 0 Å². The Morgan fingerprint density at radius 3 is 2.25 bits per heavy atom. The highest BCUT2D eigenvalue weighted by Crippen LogP contribution is 2.20. The van der Waals surface area contributed by atoms with Crippen molar-refractivity contribution < 1.29 is 4.79 Å². The van der Waals surface area contributed by atoms with Gasteiger partial charge in [-0.1, -0.05) is 6.07 Å². The molecule has 0 saturated carbocycles. The molecular formula is C16H25N3O. The molecule has 2 N–H and O–H groups in total. The Labute approximate surface area is 121 Å². The molecule has 1 saturated heterocycles. The van der Waals surface area contributed by atoms with Crippen molar-refractivity contribution >= 4 is 11.6 Å². The van der Waals surface area contributed by atoms with Crippen LogP contribution in [0.4, 0.5) is 5.69 Å². The molecule has 0 unspecified atom stereocenters. The van der Waals surface area contributed by atoms with E-state index in [9.17, 15) is 4.79 Å². The van der Waals surface area contributed by atoms with Crippen LogP contribution >= 0.6 is 0 Å². The van der Waals surface area contributed by atoms with Gasteiger partial charge in [0.25, 0.3) is 0 Å². The molecule has 0 aliphatic carbocycles. The van der Waals surface area contributed by atoms with Crippen molar-refractivity contribution in [3.05, 3.63) is 29.3 Å². The number of benzene rings is 1. The summed E-state index contributed by atoms with van der Waals surface area (Å²) in [6, 6.07) is 6.13. The minimum absolute atomic E-state index is 0.0596. The average molecular weight is 275 g/mol. The molecular weight excluding hydrogens is 250 g/mol. The SMILES string of the molecule is Cc1cc(C)cc(NC(=O)C(C)(C)N2CCNCC2)c1. The first-order valence-electron chi connectivity index (χ1n) is 7.25. The van der Waals surface area contributed by atoms with E-state index in [0.717, 1.165) is 31.9 Å². The summed E-state index contributed by atoms with van der Waals surface area (Å²) in [5, 5.41) is 6.38. The lowest BCUT2D eigenvalue weighted by atomic mass is 10.00. The second kappa shape index (κ2) is 5.94. The Morgan fingerprint density at radius 2 is 1.70 bits per heavy atom. The van der Waals surface area contributed by atoms with Crippen LogP contribution < -0.4 is 10.6 Å². The van der Waals surface area contributed by atoms with Gasteiger partial charge in [0.2, 0.25) is 5.91 Å². The second-order valence-electron chi connectivity index (χ2n) is 6.13. The van der Waals surface area contributed by atoms with Crippen LogP contribution in [-0.4, -0.2) is 42.5 Å². The third kappa shape index (κ3) is 3.38. The van der Waals surface area contributed by atoms with Crippen molar-refractivity contribution in [1.82, 2.24) is 10.2 Å². The third-order valence-electron chi connectivity index (χ3n) is 3.94. The molecule has 1 amide bonds. The number of hydrogen-bond acceptors (Lipinski definition) is 3. The predicted molar refractivity (Wildman–Crippen MR) is 83.1 cm³/mol. The molecule has 1 fully saturated rings. The Morgan fingerprint density at radius 1 is 1.15 bits per heavy atom. The zero-order valence-electron chi connectivity index (χ0n) is 12.9. The van der Waals surface area contributed by atoms with Gasteiger partial charge in [-0.25, -0.2) is 0 Å². The van der Waals surface area contributed by atoms with Gasteiger partial charge in [-0.2, -0.15) is 0 Å². The maximum Gasteiger partial charge on any atom is 0.244 e. The number of aryl methyl sites for hydroxylation is 2. The summed E-state index contributed by atoms with van der Waals surface area (Å²) >= 11 is 0. The number of anilines is 1. The summed E-state index contributed by atoms with van der Waals surface area (Å²) in [6.45, 7) is 11.8. The van der Waals surface area contributed by atoms with E-state index in [4.69, 9.17) is 0 Å². The van der Waals surface area contributed by atoms with Crippen LogP contribution in [0.2, 0.25) is 0 Å². The van der Waals surface area contributed by atoms with E-state index in [1.807, 2.05) is 39.8 Å². The lowest BCUT2D eigenvalue weighted by Crippen LogP contribution is -2.58. The lowest BCUT2D eigenvalue weighted by molar-refractivity contribution is -0.126. The molecule has 0 bridgehead atoms. The normalized spacial score (nSPS) is 17.0. The standard InChI is InChI=1S/C16H25N3O/c1-12-9-13(2)11-14(10-12)18-15(20)16(3,4)19-7-5-17-6-8-19/h9-11,17H,5-8H2,1-4H3,(H,18,20). The van der Waals surface area contributed by atoms with Crippen LogP contribution in [0.5, 0.6) is 0 Å². The van der Waals surface area contributed by atoms with Crippen molar-refractivity contribution in [2.75, 3.05) is 31.5 Å². The van der Waals surface area contributed by atoms with Gasteiger partial charge in [0.15, 0.2) is 0 Å². The number of carbonyl (C=O) groups is 1. The minimum Gasteiger partial charge on any atom is -0.324 e. The van der Waals surface area contributed by atoms with Crippen LogP contribution in [0.3, 0.4) is 0 Å². The number of rotatable bonds is 3. The van der Waals surface area contributed by atoms with Gasteiger partial charge in [0, 0.05) is 31.9 Å². The molecule has 1 aromatic rings. The molecule has 0 atom stereocenters. The molecule has 1 aliphatic rings. The molecule has 20 heavy (non-hydrogen) atoms. The summed E-state index contributed by atoms with van der Waals surface area (Å²) in [6.07, 6.45) is 0. The summed E-state index contributed by atoms with van der Waals surface area (Å²) in [7, 11) is 0. The highest BCUT2D eigenvalue weighted by molar-refractivity contribution is 5.97. The van der Waals surface area contributed by atoms with Crippen molar-refractivity contribution in [3.63, 3.8) is 0 Å². The Hall–Kier alpha value is -1.39. The zero-order valence-corrected chi connectivity index (χ0v) is 12.9. The fourth-order valence-corrected chi connectivity index (χ4v) is 2.70. The minimum atomic E-state index is -0.486. The molecule has 1 aliphatic heterocycles. The number of carbonyl (C=O) groups excluding carboxylic acids is 1. The van der Waals surface area contributed by atoms with E-state index in [2.05, 4.69) is 21.6 Å². The van der Waals surface area contributed by atoms with Crippen molar-refractivity contribution in [2.24, 2.45) is 0 Å². The van der Waals surface area contributed by atoms with Crippen LogP contribution in [-0.2, 0) is 4.79 Å². The van der Waals surface area contributed by atoms with E-state index < -0.39 is 5.54 Å². The van der Waals surface area contributed by atoms with E-state index in [-0.39, 0.29) is 5.91 Å². The monoisotopic (exact) mass is 275 g/mol. The number of nitrogens with zero attached hydrogens (tertiary/aromatic N) is 1. The molecule has 0 spiro atoms.